The highest BCUT2D eigenvalue weighted by Gasteiger charge is 2.39. The lowest BCUT2D eigenvalue weighted by molar-refractivity contribution is -0.136. The first-order valence-electron chi connectivity index (χ1n) is 25.8. The lowest BCUT2D eigenvalue weighted by Gasteiger charge is -2.28. The molecule has 6 aromatic carbocycles. The summed E-state index contributed by atoms with van der Waals surface area (Å²) in [6, 6.07) is 49.3. The van der Waals surface area contributed by atoms with E-state index in [2.05, 4.69) is 147 Å². The Bertz CT molecular complexity index is 2610. The molecule has 2 amide bonds. The fourth-order valence-corrected chi connectivity index (χ4v) is 10.2. The van der Waals surface area contributed by atoms with Crippen LogP contribution in [0.3, 0.4) is 0 Å². The van der Waals surface area contributed by atoms with Gasteiger partial charge in [-0.25, -0.2) is 0 Å². The van der Waals surface area contributed by atoms with Crippen LogP contribution in [0.4, 0.5) is 0 Å². The maximum Gasteiger partial charge on any atom is 0.253 e. The largest absolute Gasteiger partial charge is 0.494 e. The van der Waals surface area contributed by atoms with E-state index in [1.807, 2.05) is 0 Å². The molecule has 0 N–H and O–H groups in total. The quantitative estimate of drug-likeness (QED) is 0.0380. The van der Waals surface area contributed by atoms with Gasteiger partial charge >= 0.3 is 0 Å². The van der Waals surface area contributed by atoms with Crippen LogP contribution >= 0.6 is 0 Å². The Hall–Kier alpha value is -6.24. The molecule has 1 aliphatic carbocycles. The van der Waals surface area contributed by atoms with Crippen molar-refractivity contribution in [1.29, 1.82) is 0 Å². The SMILES string of the molecule is CCCCCCCCC1(C)c2cc(-c3ccc(-c4ccc(OCCCCCCCCN5C(=O)C=CC5=O)cc4)cc3)ccc2-c2ccc(-c3ccc(-c4ccc(OCCCCOC)cc4)cc3)cc21. The number of carbonyl (C=O) groups excluding carboxylic acids is 2. The fourth-order valence-electron chi connectivity index (χ4n) is 10.2. The number of methoxy groups -OCH3 is 1. The first-order chi connectivity index (χ1) is 33.8. The van der Waals surface area contributed by atoms with E-state index in [9.17, 15) is 9.59 Å². The molecule has 1 heterocycles. The maximum atomic E-state index is 11.7. The molecule has 8 rings (SSSR count). The molecule has 1 aliphatic heterocycles. The van der Waals surface area contributed by atoms with Gasteiger partial charge in [-0.15, -0.1) is 0 Å². The molecule has 0 saturated carbocycles. The third kappa shape index (κ3) is 12.5. The van der Waals surface area contributed by atoms with Gasteiger partial charge in [0.05, 0.1) is 13.2 Å². The minimum absolute atomic E-state index is 0.0863. The van der Waals surface area contributed by atoms with Crippen LogP contribution in [0, 0.1) is 0 Å². The molecule has 1 atom stereocenters. The molecular weight excluding hydrogens is 851 g/mol. The van der Waals surface area contributed by atoms with E-state index >= 15 is 0 Å². The number of hydrogen-bond acceptors (Lipinski definition) is 5. The van der Waals surface area contributed by atoms with Crippen molar-refractivity contribution in [3.8, 4) is 67.1 Å². The van der Waals surface area contributed by atoms with Crippen molar-refractivity contribution in [1.82, 2.24) is 4.90 Å². The van der Waals surface area contributed by atoms with E-state index < -0.39 is 0 Å². The molecular formula is C63H71NO5. The molecule has 0 saturated heterocycles. The molecule has 6 nitrogen and oxygen atoms in total. The molecule has 0 radical (unpaired) electrons. The first kappa shape index (κ1) is 49.2. The molecule has 6 heteroatoms. The number of imide groups is 1. The Balaban J connectivity index is 0.889. The van der Waals surface area contributed by atoms with Crippen LogP contribution in [-0.2, 0) is 19.7 Å². The summed E-state index contributed by atoms with van der Waals surface area (Å²) in [6.07, 6.45) is 19.7. The molecule has 0 bridgehead atoms. The molecule has 2 aliphatic rings. The highest BCUT2D eigenvalue weighted by molar-refractivity contribution is 6.12. The second kappa shape index (κ2) is 24.4. The zero-order valence-electron chi connectivity index (χ0n) is 41.3. The van der Waals surface area contributed by atoms with Gasteiger partial charge in [-0.3, -0.25) is 14.5 Å². The van der Waals surface area contributed by atoms with Crippen LogP contribution in [0.25, 0.3) is 55.6 Å². The van der Waals surface area contributed by atoms with Crippen molar-refractivity contribution < 1.29 is 23.8 Å². The van der Waals surface area contributed by atoms with Gasteiger partial charge in [0.15, 0.2) is 0 Å². The Morgan fingerprint density at radius 3 is 1.25 bits per heavy atom. The summed E-state index contributed by atoms with van der Waals surface area (Å²) in [5.41, 5.74) is 15.3. The summed E-state index contributed by atoms with van der Waals surface area (Å²) in [4.78, 5) is 24.7. The third-order valence-corrected chi connectivity index (χ3v) is 14.3. The van der Waals surface area contributed by atoms with E-state index in [0.29, 0.717) is 19.8 Å². The van der Waals surface area contributed by atoms with Crippen molar-refractivity contribution in [2.24, 2.45) is 0 Å². The Labute approximate surface area is 411 Å². The lowest BCUT2D eigenvalue weighted by Crippen LogP contribution is -2.30. The van der Waals surface area contributed by atoms with Crippen molar-refractivity contribution in [3.05, 3.63) is 157 Å². The van der Waals surface area contributed by atoms with Gasteiger partial charge in [0.2, 0.25) is 0 Å². The fraction of sp³-hybridized carbons (Fsp3) is 0.365. The van der Waals surface area contributed by atoms with Crippen LogP contribution in [0.1, 0.15) is 121 Å². The minimum atomic E-state index is -0.188. The number of fused-ring (bicyclic) bond motifs is 3. The number of benzene rings is 6. The number of rotatable bonds is 27. The monoisotopic (exact) mass is 922 g/mol. The predicted molar refractivity (Wildman–Crippen MR) is 284 cm³/mol. The molecule has 0 aromatic heterocycles. The normalized spacial score (nSPS) is 14.9. The van der Waals surface area contributed by atoms with Crippen molar-refractivity contribution >= 4 is 11.8 Å². The molecule has 1 unspecified atom stereocenters. The molecule has 0 fully saturated rings. The Morgan fingerprint density at radius 2 is 0.783 bits per heavy atom. The van der Waals surface area contributed by atoms with E-state index in [1.54, 1.807) is 7.11 Å². The van der Waals surface area contributed by atoms with Crippen LogP contribution < -0.4 is 9.47 Å². The van der Waals surface area contributed by atoms with Crippen molar-refractivity contribution in [2.75, 3.05) is 33.5 Å². The average Bonchev–Trinajstić information content (AvgIpc) is 3.84. The Morgan fingerprint density at radius 1 is 0.420 bits per heavy atom. The zero-order chi connectivity index (χ0) is 47.8. The van der Waals surface area contributed by atoms with Crippen LogP contribution in [-0.4, -0.2) is 50.2 Å². The van der Waals surface area contributed by atoms with Gasteiger partial charge in [0, 0.05) is 37.8 Å². The number of ether oxygens (including phenoxy) is 3. The van der Waals surface area contributed by atoms with E-state index in [0.717, 1.165) is 75.9 Å². The average molecular weight is 922 g/mol. The van der Waals surface area contributed by atoms with Crippen molar-refractivity contribution in [3.63, 3.8) is 0 Å². The van der Waals surface area contributed by atoms with Gasteiger partial charge in [0.25, 0.3) is 11.8 Å². The Kier molecular flexibility index (Phi) is 17.4. The highest BCUT2D eigenvalue weighted by Crippen LogP contribution is 2.53. The lowest BCUT2D eigenvalue weighted by atomic mass is 9.75. The summed E-state index contributed by atoms with van der Waals surface area (Å²) in [7, 11) is 1.74. The van der Waals surface area contributed by atoms with Crippen LogP contribution in [0.2, 0.25) is 0 Å². The summed E-state index contributed by atoms with van der Waals surface area (Å²) in [5, 5.41) is 0. The molecule has 69 heavy (non-hydrogen) atoms. The zero-order valence-corrected chi connectivity index (χ0v) is 41.3. The van der Waals surface area contributed by atoms with Gasteiger partial charge in [-0.05, 0) is 135 Å². The van der Waals surface area contributed by atoms with E-state index in [4.69, 9.17) is 14.2 Å². The van der Waals surface area contributed by atoms with E-state index in [-0.39, 0.29) is 17.2 Å². The van der Waals surface area contributed by atoms with Gasteiger partial charge in [0.1, 0.15) is 11.5 Å². The predicted octanol–water partition coefficient (Wildman–Crippen LogP) is 15.8. The highest BCUT2D eigenvalue weighted by atomic mass is 16.5. The molecule has 0 spiro atoms. The van der Waals surface area contributed by atoms with Crippen molar-refractivity contribution in [2.45, 2.75) is 116 Å². The number of amides is 2. The maximum absolute atomic E-state index is 11.7. The van der Waals surface area contributed by atoms with Gasteiger partial charge in [-0.2, -0.15) is 0 Å². The number of carbonyl (C=O) groups is 2. The standard InChI is InChI=1S/C63H71NO5/c1-4-5-6-7-10-13-40-63(2)59-45-53(51-22-18-47(19-23-51)49-26-32-55(33-27-49)68-43-15-12-9-8-11-14-41-64-61(65)38-39-62(64)66)30-36-57(59)58-37-31-54(46-60(58)63)52-24-20-48(21-25-52)50-28-34-56(35-29-50)69-44-17-16-42-67-3/h18-39,45-46H,4-17,40-44H2,1-3H3. The molecule has 6 aromatic rings. The summed E-state index contributed by atoms with van der Waals surface area (Å²) < 4.78 is 17.2. The van der Waals surface area contributed by atoms with E-state index in [1.165, 1.54) is 122 Å². The second-order valence-electron chi connectivity index (χ2n) is 19.3. The number of unbranched alkanes of at least 4 members (excludes halogenated alkanes) is 11. The number of hydrogen-bond donors (Lipinski definition) is 0. The first-order valence-corrected chi connectivity index (χ1v) is 25.8. The second-order valence-corrected chi connectivity index (χ2v) is 19.3. The third-order valence-electron chi connectivity index (χ3n) is 14.3. The van der Waals surface area contributed by atoms with Gasteiger partial charge < -0.3 is 14.2 Å². The number of nitrogens with zero attached hydrogens (tertiary/aromatic N) is 1. The summed E-state index contributed by atoms with van der Waals surface area (Å²) in [6.45, 7) is 7.47. The van der Waals surface area contributed by atoms with Gasteiger partial charge in [-0.1, -0.05) is 175 Å². The summed E-state index contributed by atoms with van der Waals surface area (Å²) in [5.74, 6) is 1.42. The van der Waals surface area contributed by atoms with Crippen LogP contribution in [0.15, 0.2) is 146 Å². The topological polar surface area (TPSA) is 65.1 Å². The molecule has 358 valence electrons. The minimum Gasteiger partial charge on any atom is -0.494 e. The summed E-state index contributed by atoms with van der Waals surface area (Å²) >= 11 is 0. The smallest absolute Gasteiger partial charge is 0.253 e. The van der Waals surface area contributed by atoms with Crippen LogP contribution in [0.5, 0.6) is 11.5 Å².